The van der Waals surface area contributed by atoms with E-state index in [9.17, 15) is 0 Å². The first-order valence-electron chi connectivity index (χ1n) is 6.18. The van der Waals surface area contributed by atoms with Crippen LogP contribution in [0.1, 0.15) is 0 Å². The summed E-state index contributed by atoms with van der Waals surface area (Å²) in [4.78, 5) is 6.45. The quantitative estimate of drug-likeness (QED) is 0.790. The van der Waals surface area contributed by atoms with Crippen LogP contribution < -0.4 is 9.64 Å². The highest BCUT2D eigenvalue weighted by molar-refractivity contribution is 5.49. The van der Waals surface area contributed by atoms with E-state index in [1.54, 1.807) is 0 Å². The molecule has 1 aliphatic heterocycles. The lowest BCUT2D eigenvalue weighted by molar-refractivity contribution is 0.230. The molecule has 4 heteroatoms. The molecule has 0 spiro atoms. The molecule has 0 aromatic heterocycles. The highest BCUT2D eigenvalue weighted by Crippen LogP contribution is 2.19. The van der Waals surface area contributed by atoms with Crippen LogP contribution in [0.5, 0.6) is 5.75 Å². The fourth-order valence-corrected chi connectivity index (χ4v) is 1.87. The molecule has 1 aromatic rings. The molecule has 0 unspecified atom stereocenters. The minimum absolute atomic E-state index is 0.703. The van der Waals surface area contributed by atoms with Crippen molar-refractivity contribution in [2.45, 2.75) is 0 Å². The Hall–Kier alpha value is -1.84. The summed E-state index contributed by atoms with van der Waals surface area (Å²) in [6, 6.07) is 8.16. The van der Waals surface area contributed by atoms with E-state index in [0.29, 0.717) is 6.61 Å². The minimum Gasteiger partial charge on any atom is -0.492 e. The van der Waals surface area contributed by atoms with Crippen molar-refractivity contribution in [2.75, 3.05) is 45.9 Å². The molecule has 98 valence electrons. The van der Waals surface area contributed by atoms with Gasteiger partial charge in [0.2, 0.25) is 0 Å². The third kappa shape index (κ3) is 3.32. The molecule has 0 amide bonds. The molecule has 4 nitrogen and oxygen atoms in total. The van der Waals surface area contributed by atoms with Gasteiger partial charge in [-0.3, -0.25) is 0 Å². The predicted octanol–water partition coefficient (Wildman–Crippen LogP) is 1.81. The lowest BCUT2D eigenvalue weighted by Crippen LogP contribution is -2.26. The molecule has 0 saturated carbocycles. The van der Waals surface area contributed by atoms with Crippen molar-refractivity contribution in [3.05, 3.63) is 36.7 Å². The lowest BCUT2D eigenvalue weighted by atomic mass is 10.3. The third-order valence-corrected chi connectivity index (χ3v) is 2.92. The van der Waals surface area contributed by atoms with E-state index < -0.39 is 0 Å². The van der Waals surface area contributed by atoms with Gasteiger partial charge in [0, 0.05) is 45.3 Å². The molecule has 0 saturated heterocycles. The van der Waals surface area contributed by atoms with Gasteiger partial charge >= 0.3 is 0 Å². The van der Waals surface area contributed by atoms with Gasteiger partial charge in [-0.1, -0.05) is 6.07 Å². The Kier molecular flexibility index (Phi) is 3.97. The Balaban J connectivity index is 1.80. The maximum atomic E-state index is 5.77. The summed E-state index contributed by atoms with van der Waals surface area (Å²) < 4.78 is 5.77. The van der Waals surface area contributed by atoms with Crippen LogP contribution in [0.2, 0.25) is 0 Å². The molecule has 0 radical (unpaired) electrons. The van der Waals surface area contributed by atoms with Gasteiger partial charge in [0.05, 0.1) is 13.2 Å². The zero-order valence-electron chi connectivity index (χ0n) is 11.3. The average molecular weight is 247 g/mol. The first kappa shape index (κ1) is 12.6. The summed E-state index contributed by atoms with van der Waals surface area (Å²) >= 11 is 0. The molecule has 1 heterocycles. The Morgan fingerprint density at radius 2 is 2.11 bits per heavy atom. The number of anilines is 1. The lowest BCUT2D eigenvalue weighted by Gasteiger charge is -2.18. The fraction of sp³-hybridized carbons (Fsp3) is 0.429. The van der Waals surface area contributed by atoms with Crippen molar-refractivity contribution in [1.82, 2.24) is 9.80 Å². The number of benzene rings is 1. The molecule has 1 aliphatic rings. The number of ether oxygens (including phenoxy) is 1. The highest BCUT2D eigenvalue weighted by atomic mass is 16.5. The molecular formula is C14H21N3O. The van der Waals surface area contributed by atoms with Crippen LogP contribution in [0, 0.1) is 0 Å². The SMILES string of the molecule is CN1C=CN(CCOc2cccc(N(C)C)c2)C1. The fourth-order valence-electron chi connectivity index (χ4n) is 1.87. The molecule has 2 rings (SSSR count). The van der Waals surface area contributed by atoms with Crippen LogP contribution in [-0.4, -0.2) is 50.8 Å². The maximum absolute atomic E-state index is 5.77. The second kappa shape index (κ2) is 5.67. The highest BCUT2D eigenvalue weighted by Gasteiger charge is 2.07. The minimum atomic E-state index is 0.703. The van der Waals surface area contributed by atoms with E-state index in [4.69, 9.17) is 4.74 Å². The Morgan fingerprint density at radius 1 is 1.28 bits per heavy atom. The molecule has 0 fully saturated rings. The van der Waals surface area contributed by atoms with E-state index in [1.165, 1.54) is 0 Å². The van der Waals surface area contributed by atoms with E-state index in [-0.39, 0.29) is 0 Å². The largest absolute Gasteiger partial charge is 0.492 e. The zero-order chi connectivity index (χ0) is 13.0. The first-order valence-corrected chi connectivity index (χ1v) is 6.18. The molecule has 0 bridgehead atoms. The number of rotatable bonds is 5. The van der Waals surface area contributed by atoms with Crippen molar-refractivity contribution in [3.63, 3.8) is 0 Å². The molecular weight excluding hydrogens is 226 g/mol. The summed E-state index contributed by atoms with van der Waals surface area (Å²) in [5, 5.41) is 0. The van der Waals surface area contributed by atoms with E-state index >= 15 is 0 Å². The van der Waals surface area contributed by atoms with Crippen LogP contribution in [0.25, 0.3) is 0 Å². The second-order valence-electron chi connectivity index (χ2n) is 4.75. The summed E-state index contributed by atoms with van der Waals surface area (Å²) in [5.41, 5.74) is 1.16. The van der Waals surface area contributed by atoms with Crippen LogP contribution in [0.3, 0.4) is 0 Å². The summed E-state index contributed by atoms with van der Waals surface area (Å²) in [6.45, 7) is 2.56. The van der Waals surface area contributed by atoms with Crippen molar-refractivity contribution >= 4 is 5.69 Å². The first-order chi connectivity index (χ1) is 8.65. The smallest absolute Gasteiger partial charge is 0.121 e. The molecule has 1 aromatic carbocycles. The molecule has 0 atom stereocenters. The van der Waals surface area contributed by atoms with Crippen LogP contribution >= 0.6 is 0 Å². The van der Waals surface area contributed by atoms with Crippen LogP contribution in [0.4, 0.5) is 5.69 Å². The van der Waals surface area contributed by atoms with Gasteiger partial charge in [0.1, 0.15) is 12.4 Å². The summed E-state index contributed by atoms with van der Waals surface area (Å²) in [5.74, 6) is 0.928. The average Bonchev–Trinajstić information content (AvgIpc) is 2.75. The normalized spacial score (nSPS) is 14.2. The van der Waals surface area contributed by atoms with Crippen LogP contribution in [-0.2, 0) is 0 Å². The van der Waals surface area contributed by atoms with Gasteiger partial charge in [0.25, 0.3) is 0 Å². The van der Waals surface area contributed by atoms with Gasteiger partial charge < -0.3 is 19.4 Å². The Morgan fingerprint density at radius 3 is 2.78 bits per heavy atom. The molecule has 0 aliphatic carbocycles. The van der Waals surface area contributed by atoms with E-state index in [0.717, 1.165) is 24.7 Å². The second-order valence-corrected chi connectivity index (χ2v) is 4.75. The van der Waals surface area contributed by atoms with Crippen molar-refractivity contribution in [2.24, 2.45) is 0 Å². The molecule has 0 N–H and O–H groups in total. The van der Waals surface area contributed by atoms with Gasteiger partial charge in [-0.15, -0.1) is 0 Å². The van der Waals surface area contributed by atoms with Crippen molar-refractivity contribution < 1.29 is 4.74 Å². The van der Waals surface area contributed by atoms with Gasteiger partial charge in [0.15, 0.2) is 0 Å². The number of hydrogen-bond acceptors (Lipinski definition) is 4. The molecule has 18 heavy (non-hydrogen) atoms. The van der Waals surface area contributed by atoms with Gasteiger partial charge in [-0.2, -0.15) is 0 Å². The monoisotopic (exact) mass is 247 g/mol. The number of nitrogens with zero attached hydrogens (tertiary/aromatic N) is 3. The van der Waals surface area contributed by atoms with E-state index in [1.807, 2.05) is 26.2 Å². The Bertz CT molecular complexity index is 417. The topological polar surface area (TPSA) is 19.0 Å². The predicted molar refractivity (Wildman–Crippen MR) is 74.7 cm³/mol. The number of hydrogen-bond donors (Lipinski definition) is 0. The standard InChI is InChI=1S/C14H21N3O/c1-15(2)13-5-4-6-14(11-13)18-10-9-17-8-7-16(3)12-17/h4-8,11H,9-10,12H2,1-3H3. The van der Waals surface area contributed by atoms with Crippen molar-refractivity contribution in [1.29, 1.82) is 0 Å². The maximum Gasteiger partial charge on any atom is 0.121 e. The van der Waals surface area contributed by atoms with Crippen LogP contribution in [0.15, 0.2) is 36.7 Å². The third-order valence-electron chi connectivity index (χ3n) is 2.92. The van der Waals surface area contributed by atoms with Gasteiger partial charge in [-0.05, 0) is 12.1 Å². The summed E-state index contributed by atoms with van der Waals surface area (Å²) in [6.07, 6.45) is 4.17. The van der Waals surface area contributed by atoms with Gasteiger partial charge in [-0.25, -0.2) is 0 Å². The van der Waals surface area contributed by atoms with Crippen molar-refractivity contribution in [3.8, 4) is 5.75 Å². The van der Waals surface area contributed by atoms with E-state index in [2.05, 4.69) is 46.3 Å². The summed E-state index contributed by atoms with van der Waals surface area (Å²) in [7, 11) is 6.13. The Labute approximate surface area is 109 Å². The zero-order valence-corrected chi connectivity index (χ0v) is 11.3.